The molecule has 0 amide bonds. The minimum absolute atomic E-state index is 0.119. The highest BCUT2D eigenvalue weighted by Gasteiger charge is 2.32. The van der Waals surface area contributed by atoms with Gasteiger partial charge in [0.1, 0.15) is 10.6 Å². The summed E-state index contributed by atoms with van der Waals surface area (Å²) in [5, 5.41) is 0.672. The van der Waals surface area contributed by atoms with Gasteiger partial charge in [0.2, 0.25) is 9.84 Å². The summed E-state index contributed by atoms with van der Waals surface area (Å²) in [4.78, 5) is 19.2. The number of carbonyl (C=O) groups is 1. The van der Waals surface area contributed by atoms with Gasteiger partial charge in [0.25, 0.3) is 0 Å². The molecule has 1 aliphatic rings. The molecule has 1 saturated heterocycles. The Morgan fingerprint density at radius 1 is 1.19 bits per heavy atom. The average molecular weight is 455 g/mol. The molecule has 0 unspecified atom stereocenters. The van der Waals surface area contributed by atoms with Crippen molar-refractivity contribution in [1.29, 1.82) is 0 Å². The Morgan fingerprint density at radius 2 is 1.97 bits per heavy atom. The molecule has 0 saturated carbocycles. The number of aromatic nitrogens is 1. The Labute approximate surface area is 187 Å². The van der Waals surface area contributed by atoms with Crippen molar-refractivity contribution in [3.8, 4) is 5.75 Å². The molecule has 0 N–H and O–H groups in total. The molecule has 2 heterocycles. The molecule has 168 valence electrons. The van der Waals surface area contributed by atoms with E-state index in [2.05, 4.69) is 4.98 Å². The van der Waals surface area contributed by atoms with Crippen molar-refractivity contribution in [1.82, 2.24) is 4.98 Å². The Hall–Kier alpha value is -3.13. The molecule has 1 atom stereocenters. The third kappa shape index (κ3) is 4.14. The highest BCUT2D eigenvalue weighted by atomic mass is 32.2. The van der Waals surface area contributed by atoms with Gasteiger partial charge < -0.3 is 14.4 Å². The molecule has 0 radical (unpaired) electrons. The van der Waals surface area contributed by atoms with Gasteiger partial charge in [-0.25, -0.2) is 8.42 Å². The van der Waals surface area contributed by atoms with Crippen LogP contribution in [0.5, 0.6) is 5.75 Å². The maximum Gasteiger partial charge on any atom is 0.310 e. The zero-order chi connectivity index (χ0) is 22.7. The number of methoxy groups -OCH3 is 1. The van der Waals surface area contributed by atoms with Gasteiger partial charge >= 0.3 is 5.97 Å². The number of ether oxygens (including phenoxy) is 2. The van der Waals surface area contributed by atoms with E-state index in [-0.39, 0.29) is 21.7 Å². The summed E-state index contributed by atoms with van der Waals surface area (Å²) >= 11 is 0. The summed E-state index contributed by atoms with van der Waals surface area (Å²) in [6.45, 7) is 3.11. The zero-order valence-electron chi connectivity index (χ0n) is 18.2. The van der Waals surface area contributed by atoms with Crippen LogP contribution in [-0.2, 0) is 19.4 Å². The van der Waals surface area contributed by atoms with Crippen LogP contribution in [0.3, 0.4) is 0 Å². The van der Waals surface area contributed by atoms with Crippen molar-refractivity contribution in [2.24, 2.45) is 5.92 Å². The number of rotatable bonds is 6. The van der Waals surface area contributed by atoms with Gasteiger partial charge in [-0.2, -0.15) is 0 Å². The van der Waals surface area contributed by atoms with Crippen LogP contribution >= 0.6 is 0 Å². The summed E-state index contributed by atoms with van der Waals surface area (Å²) in [5.41, 5.74) is 1.21. The molecule has 4 rings (SSSR count). The van der Waals surface area contributed by atoms with Crippen molar-refractivity contribution in [3.63, 3.8) is 0 Å². The summed E-state index contributed by atoms with van der Waals surface area (Å²) in [6.07, 6.45) is 2.88. The second-order valence-corrected chi connectivity index (χ2v) is 9.63. The molecule has 0 spiro atoms. The highest BCUT2D eigenvalue weighted by Crippen LogP contribution is 2.39. The van der Waals surface area contributed by atoms with Crippen LogP contribution in [-0.4, -0.2) is 46.2 Å². The molecule has 8 heteroatoms. The van der Waals surface area contributed by atoms with E-state index in [1.54, 1.807) is 56.5 Å². The van der Waals surface area contributed by atoms with Gasteiger partial charge in [-0.05, 0) is 50.1 Å². The predicted molar refractivity (Wildman–Crippen MR) is 122 cm³/mol. The van der Waals surface area contributed by atoms with E-state index in [1.807, 2.05) is 11.0 Å². The quantitative estimate of drug-likeness (QED) is 0.523. The number of benzene rings is 2. The molecule has 2 aromatic carbocycles. The molecular formula is C24H26N2O5S. The Bertz CT molecular complexity index is 1230. The van der Waals surface area contributed by atoms with Gasteiger partial charge in [0.15, 0.2) is 0 Å². The second kappa shape index (κ2) is 9.16. The van der Waals surface area contributed by atoms with E-state index in [1.165, 1.54) is 6.20 Å². The van der Waals surface area contributed by atoms with E-state index >= 15 is 0 Å². The summed E-state index contributed by atoms with van der Waals surface area (Å²) in [5.74, 6) is 0.0409. The minimum Gasteiger partial charge on any atom is -0.497 e. The summed E-state index contributed by atoms with van der Waals surface area (Å²) < 4.78 is 37.9. The number of nitrogens with zero attached hydrogens (tertiary/aromatic N) is 2. The first-order valence-corrected chi connectivity index (χ1v) is 12.1. The van der Waals surface area contributed by atoms with Crippen LogP contribution in [0.15, 0.2) is 64.5 Å². The largest absolute Gasteiger partial charge is 0.497 e. The maximum atomic E-state index is 13.6. The maximum absolute atomic E-state index is 13.6. The minimum atomic E-state index is -3.84. The lowest BCUT2D eigenvalue weighted by molar-refractivity contribution is -0.148. The third-order valence-corrected chi connectivity index (χ3v) is 7.48. The highest BCUT2D eigenvalue weighted by molar-refractivity contribution is 7.91. The Morgan fingerprint density at radius 3 is 2.69 bits per heavy atom. The normalized spacial score (nSPS) is 16.7. The van der Waals surface area contributed by atoms with E-state index in [0.29, 0.717) is 48.5 Å². The predicted octanol–water partition coefficient (Wildman–Crippen LogP) is 3.86. The van der Waals surface area contributed by atoms with Crippen LogP contribution in [0.25, 0.3) is 10.9 Å². The number of fused-ring (bicyclic) bond motifs is 1. The Balaban J connectivity index is 1.90. The monoisotopic (exact) mass is 454 g/mol. The smallest absolute Gasteiger partial charge is 0.310 e. The van der Waals surface area contributed by atoms with E-state index < -0.39 is 9.84 Å². The lowest BCUT2D eigenvalue weighted by Gasteiger charge is -2.35. The van der Waals surface area contributed by atoms with Gasteiger partial charge in [0.05, 0.1) is 35.7 Å². The molecular weight excluding hydrogens is 428 g/mol. The molecule has 0 bridgehead atoms. The molecule has 3 aromatic rings. The number of carbonyl (C=O) groups excluding carboxylic acids is 1. The van der Waals surface area contributed by atoms with Crippen molar-refractivity contribution in [2.45, 2.75) is 29.6 Å². The van der Waals surface area contributed by atoms with Crippen molar-refractivity contribution < 1.29 is 22.7 Å². The number of sulfone groups is 1. The van der Waals surface area contributed by atoms with Gasteiger partial charge in [-0.3, -0.25) is 9.78 Å². The number of hydrogen-bond acceptors (Lipinski definition) is 7. The first-order chi connectivity index (χ1) is 15.5. The topological polar surface area (TPSA) is 85.8 Å². The van der Waals surface area contributed by atoms with E-state index in [9.17, 15) is 13.2 Å². The molecule has 1 aliphatic heterocycles. The number of anilines is 1. The first kappa shape index (κ1) is 22.1. The number of piperidine rings is 1. The summed E-state index contributed by atoms with van der Waals surface area (Å²) in [6, 6.07) is 13.7. The second-order valence-electron chi connectivity index (χ2n) is 7.71. The van der Waals surface area contributed by atoms with Crippen LogP contribution in [0.2, 0.25) is 0 Å². The van der Waals surface area contributed by atoms with Gasteiger partial charge in [-0.1, -0.05) is 18.2 Å². The lowest BCUT2D eigenvalue weighted by atomic mass is 9.97. The summed E-state index contributed by atoms with van der Waals surface area (Å²) in [7, 11) is -2.27. The fourth-order valence-electron chi connectivity index (χ4n) is 4.15. The molecule has 7 nitrogen and oxygen atoms in total. The Kier molecular flexibility index (Phi) is 6.32. The van der Waals surface area contributed by atoms with Crippen LogP contribution < -0.4 is 9.64 Å². The van der Waals surface area contributed by atoms with Gasteiger partial charge in [0, 0.05) is 24.7 Å². The van der Waals surface area contributed by atoms with E-state index in [4.69, 9.17) is 9.47 Å². The number of pyridine rings is 1. The average Bonchev–Trinajstić information content (AvgIpc) is 2.83. The van der Waals surface area contributed by atoms with Crippen molar-refractivity contribution in [3.05, 3.63) is 54.7 Å². The fraction of sp³-hybridized carbons (Fsp3) is 0.333. The van der Waals surface area contributed by atoms with Crippen molar-refractivity contribution >= 4 is 32.4 Å². The first-order valence-electron chi connectivity index (χ1n) is 10.6. The number of esters is 1. The molecule has 32 heavy (non-hydrogen) atoms. The third-order valence-electron chi connectivity index (χ3n) is 5.71. The lowest BCUT2D eigenvalue weighted by Crippen LogP contribution is -2.40. The van der Waals surface area contributed by atoms with Crippen molar-refractivity contribution in [2.75, 3.05) is 31.7 Å². The fourth-order valence-corrected chi connectivity index (χ4v) is 5.60. The molecule has 1 aromatic heterocycles. The van der Waals surface area contributed by atoms with Crippen LogP contribution in [0, 0.1) is 5.92 Å². The molecule has 0 aliphatic carbocycles. The van der Waals surface area contributed by atoms with Crippen LogP contribution in [0.4, 0.5) is 5.69 Å². The zero-order valence-corrected chi connectivity index (χ0v) is 19.0. The van der Waals surface area contributed by atoms with E-state index in [0.717, 1.165) is 6.42 Å². The van der Waals surface area contributed by atoms with Crippen LogP contribution in [0.1, 0.15) is 19.8 Å². The SMILES string of the molecule is CCOC(=O)[C@@H]1CCCN(c2c(S(=O)(=O)c3ccccc3)cnc3ccc(OC)cc23)C1. The molecule has 1 fully saturated rings. The van der Waals surface area contributed by atoms with Gasteiger partial charge in [-0.15, -0.1) is 0 Å². The standard InChI is InChI=1S/C24H26N2O5S/c1-3-31-24(27)17-8-7-13-26(16-17)23-20-14-18(30-2)11-12-21(20)25-15-22(23)32(28,29)19-9-5-4-6-10-19/h4-6,9-12,14-15,17H,3,7-8,13,16H2,1-2H3/t17-/m1/s1. The number of hydrogen-bond donors (Lipinski definition) is 0.